The van der Waals surface area contributed by atoms with Crippen LogP contribution in [0.25, 0.3) is 0 Å². The van der Waals surface area contributed by atoms with E-state index in [1.807, 2.05) is 13.8 Å². The molecule has 4 nitrogen and oxygen atoms in total. The van der Waals surface area contributed by atoms with E-state index < -0.39 is 10.0 Å². The highest BCUT2D eigenvalue weighted by molar-refractivity contribution is 9.10. The lowest BCUT2D eigenvalue weighted by Gasteiger charge is -2.07. The van der Waals surface area contributed by atoms with Gasteiger partial charge in [-0.3, -0.25) is 4.72 Å². The van der Waals surface area contributed by atoms with E-state index in [1.54, 1.807) is 23.6 Å². The Morgan fingerprint density at radius 2 is 2.06 bits per heavy atom. The first kappa shape index (κ1) is 13.5. The summed E-state index contributed by atoms with van der Waals surface area (Å²) in [6.45, 7) is 3.72. The molecule has 2 aromatic rings. The van der Waals surface area contributed by atoms with Crippen LogP contribution in [0, 0.1) is 13.8 Å². The van der Waals surface area contributed by atoms with E-state index >= 15 is 0 Å². The third-order valence-electron chi connectivity index (χ3n) is 2.22. The average Bonchev–Trinajstić information content (AvgIpc) is 2.62. The van der Waals surface area contributed by atoms with Crippen molar-refractivity contribution in [2.24, 2.45) is 0 Å². The number of rotatable bonds is 3. The molecule has 7 heteroatoms. The fraction of sp³-hybridized carbons (Fsp3) is 0.182. The summed E-state index contributed by atoms with van der Waals surface area (Å²) in [6.07, 6.45) is 0. The summed E-state index contributed by atoms with van der Waals surface area (Å²) in [7, 11) is -3.60. The fourth-order valence-corrected chi connectivity index (χ4v) is 4.53. The van der Waals surface area contributed by atoms with E-state index in [-0.39, 0.29) is 4.90 Å². The van der Waals surface area contributed by atoms with Crippen molar-refractivity contribution in [1.29, 1.82) is 0 Å². The summed E-state index contributed by atoms with van der Waals surface area (Å²) in [5, 5.41) is 2.17. The SMILES string of the molecule is Cc1ccc(S(=O)(=O)Nc2nc(C)cs2)c(Br)c1. The van der Waals surface area contributed by atoms with Gasteiger partial charge in [0.05, 0.1) is 5.69 Å². The molecule has 1 N–H and O–H groups in total. The maximum Gasteiger partial charge on any atom is 0.264 e. The lowest BCUT2D eigenvalue weighted by molar-refractivity contribution is 0.600. The zero-order valence-corrected chi connectivity index (χ0v) is 13.0. The van der Waals surface area contributed by atoms with Crippen LogP contribution in [0.5, 0.6) is 0 Å². The van der Waals surface area contributed by atoms with Gasteiger partial charge in [-0.05, 0) is 47.5 Å². The molecule has 1 heterocycles. The molecule has 0 amide bonds. The number of aryl methyl sites for hydroxylation is 2. The van der Waals surface area contributed by atoms with Crippen molar-refractivity contribution in [3.63, 3.8) is 0 Å². The second-order valence-electron chi connectivity index (χ2n) is 3.83. The van der Waals surface area contributed by atoms with Crippen LogP contribution >= 0.6 is 27.3 Å². The Morgan fingerprint density at radius 3 is 2.61 bits per heavy atom. The smallest absolute Gasteiger partial charge is 0.255 e. The number of nitrogens with zero attached hydrogens (tertiary/aromatic N) is 1. The summed E-state index contributed by atoms with van der Waals surface area (Å²) in [6, 6.07) is 5.09. The van der Waals surface area contributed by atoms with Crippen molar-refractivity contribution < 1.29 is 8.42 Å². The van der Waals surface area contributed by atoms with Crippen molar-refractivity contribution >= 4 is 42.4 Å². The zero-order chi connectivity index (χ0) is 13.3. The third kappa shape index (κ3) is 2.90. The number of hydrogen-bond acceptors (Lipinski definition) is 4. The molecule has 0 atom stereocenters. The Bertz CT molecular complexity index is 680. The number of aromatic nitrogens is 1. The lowest BCUT2D eigenvalue weighted by Crippen LogP contribution is -2.13. The Morgan fingerprint density at radius 1 is 1.33 bits per heavy atom. The molecule has 0 fully saturated rings. The van der Waals surface area contributed by atoms with E-state index in [1.165, 1.54) is 11.3 Å². The van der Waals surface area contributed by atoms with Crippen LogP contribution in [0.1, 0.15) is 11.3 Å². The van der Waals surface area contributed by atoms with Gasteiger partial charge < -0.3 is 0 Å². The molecule has 96 valence electrons. The van der Waals surface area contributed by atoms with Gasteiger partial charge in [0.25, 0.3) is 10.0 Å². The van der Waals surface area contributed by atoms with Gasteiger partial charge in [-0.2, -0.15) is 0 Å². The summed E-state index contributed by atoms with van der Waals surface area (Å²) >= 11 is 4.53. The highest BCUT2D eigenvalue weighted by Gasteiger charge is 2.18. The zero-order valence-electron chi connectivity index (χ0n) is 9.77. The average molecular weight is 347 g/mol. The number of halogens is 1. The quantitative estimate of drug-likeness (QED) is 0.927. The van der Waals surface area contributed by atoms with Crippen molar-refractivity contribution in [1.82, 2.24) is 4.98 Å². The molecule has 1 aromatic heterocycles. The molecule has 2 rings (SSSR count). The molecule has 0 radical (unpaired) electrons. The number of sulfonamides is 1. The number of hydrogen-bond donors (Lipinski definition) is 1. The topological polar surface area (TPSA) is 59.1 Å². The predicted octanol–water partition coefficient (Wildman–Crippen LogP) is 3.32. The van der Waals surface area contributed by atoms with E-state index in [0.717, 1.165) is 11.3 Å². The van der Waals surface area contributed by atoms with Crippen molar-refractivity contribution in [2.75, 3.05) is 4.72 Å². The molecule has 0 saturated heterocycles. The van der Waals surface area contributed by atoms with E-state index in [0.29, 0.717) is 9.60 Å². The molecule has 1 aromatic carbocycles. The van der Waals surface area contributed by atoms with Crippen LogP contribution < -0.4 is 4.72 Å². The maximum absolute atomic E-state index is 12.2. The molecule has 0 saturated carbocycles. The minimum Gasteiger partial charge on any atom is -0.255 e. The monoisotopic (exact) mass is 346 g/mol. The molecule has 0 aliphatic carbocycles. The third-order valence-corrected chi connectivity index (χ3v) is 5.54. The van der Waals surface area contributed by atoms with Gasteiger partial charge in [0.2, 0.25) is 0 Å². The van der Waals surface area contributed by atoms with Gasteiger partial charge >= 0.3 is 0 Å². The van der Waals surface area contributed by atoms with Crippen LogP contribution in [0.2, 0.25) is 0 Å². The van der Waals surface area contributed by atoms with Gasteiger partial charge in [0.1, 0.15) is 4.90 Å². The van der Waals surface area contributed by atoms with Crippen LogP contribution in [0.15, 0.2) is 32.9 Å². The minimum absolute atomic E-state index is 0.209. The number of anilines is 1. The predicted molar refractivity (Wildman–Crippen MR) is 76.5 cm³/mol. The first-order valence-electron chi connectivity index (χ1n) is 5.09. The molecule has 0 aliphatic rings. The Hall–Kier alpha value is -0.920. The number of thiazole rings is 1. The Labute approximate surface area is 118 Å². The van der Waals surface area contributed by atoms with Crippen molar-refractivity contribution in [3.8, 4) is 0 Å². The van der Waals surface area contributed by atoms with Gasteiger partial charge in [0, 0.05) is 9.85 Å². The highest BCUT2D eigenvalue weighted by atomic mass is 79.9. The van der Waals surface area contributed by atoms with E-state index in [2.05, 4.69) is 25.6 Å². The first-order chi connectivity index (χ1) is 8.38. The highest BCUT2D eigenvalue weighted by Crippen LogP contribution is 2.26. The summed E-state index contributed by atoms with van der Waals surface area (Å²) < 4.78 is 27.3. The molecule has 0 aliphatic heterocycles. The van der Waals surface area contributed by atoms with Crippen molar-refractivity contribution in [3.05, 3.63) is 39.3 Å². The van der Waals surface area contributed by atoms with Gasteiger partial charge in [0.15, 0.2) is 5.13 Å². The van der Waals surface area contributed by atoms with E-state index in [4.69, 9.17) is 0 Å². The normalized spacial score (nSPS) is 11.5. The summed E-state index contributed by atoms with van der Waals surface area (Å²) in [4.78, 5) is 4.29. The maximum atomic E-state index is 12.2. The van der Waals surface area contributed by atoms with Gasteiger partial charge in [-0.15, -0.1) is 11.3 Å². The van der Waals surface area contributed by atoms with Crippen molar-refractivity contribution in [2.45, 2.75) is 18.7 Å². The van der Waals surface area contributed by atoms with Crippen LogP contribution in [-0.2, 0) is 10.0 Å². The Balaban J connectivity index is 2.36. The number of nitrogens with one attached hydrogen (secondary N) is 1. The largest absolute Gasteiger partial charge is 0.264 e. The molecule has 0 bridgehead atoms. The number of benzene rings is 1. The van der Waals surface area contributed by atoms with Gasteiger partial charge in [-0.1, -0.05) is 6.07 Å². The fourth-order valence-electron chi connectivity index (χ4n) is 1.39. The summed E-state index contributed by atoms with van der Waals surface area (Å²) in [5.74, 6) is 0. The lowest BCUT2D eigenvalue weighted by atomic mass is 10.2. The minimum atomic E-state index is -3.60. The first-order valence-corrected chi connectivity index (χ1v) is 8.25. The van der Waals surface area contributed by atoms with Crippen LogP contribution in [0.3, 0.4) is 0 Å². The standard InChI is InChI=1S/C11H11BrN2O2S2/c1-7-3-4-10(9(12)5-7)18(15,16)14-11-13-8(2)6-17-11/h3-6H,1-2H3,(H,13,14). The van der Waals surface area contributed by atoms with E-state index in [9.17, 15) is 8.42 Å². The molecular weight excluding hydrogens is 336 g/mol. The second-order valence-corrected chi connectivity index (χ2v) is 7.20. The summed E-state index contributed by atoms with van der Waals surface area (Å²) in [5.41, 5.74) is 1.78. The Kier molecular flexibility index (Phi) is 3.74. The van der Waals surface area contributed by atoms with Gasteiger partial charge in [-0.25, -0.2) is 13.4 Å². The molecule has 0 spiro atoms. The molecule has 18 heavy (non-hydrogen) atoms. The second kappa shape index (κ2) is 4.99. The molecular formula is C11H11BrN2O2S2. The van der Waals surface area contributed by atoms with Crippen LogP contribution in [-0.4, -0.2) is 13.4 Å². The molecule has 0 unspecified atom stereocenters. The van der Waals surface area contributed by atoms with Crippen LogP contribution in [0.4, 0.5) is 5.13 Å².